The Morgan fingerprint density at radius 1 is 1.26 bits per heavy atom. The van der Waals surface area contributed by atoms with Crippen LogP contribution >= 0.6 is 0 Å². The number of hydrogen-bond donors (Lipinski definition) is 1. The lowest BCUT2D eigenvalue weighted by atomic mass is 9.99. The highest BCUT2D eigenvalue weighted by molar-refractivity contribution is 5.83. The smallest absolute Gasteiger partial charge is 0.260 e. The Bertz CT molecular complexity index is 653. The van der Waals surface area contributed by atoms with Gasteiger partial charge in [0, 0.05) is 11.4 Å². The summed E-state index contributed by atoms with van der Waals surface area (Å²) < 4.78 is 1.79. The van der Waals surface area contributed by atoms with E-state index in [1.165, 1.54) is 25.7 Å². The first-order valence-corrected chi connectivity index (χ1v) is 7.08. The molecule has 3 nitrogen and oxygen atoms in total. The number of hydrogen-bond acceptors (Lipinski definition) is 2. The number of rotatable bonds is 2. The van der Waals surface area contributed by atoms with Crippen molar-refractivity contribution < 1.29 is 0 Å². The van der Waals surface area contributed by atoms with Gasteiger partial charge >= 0.3 is 0 Å². The van der Waals surface area contributed by atoms with Gasteiger partial charge in [-0.1, -0.05) is 31.0 Å². The maximum absolute atomic E-state index is 12.6. The van der Waals surface area contributed by atoms with Gasteiger partial charge in [-0.25, -0.2) is 0 Å². The molecular formula is C16H20N2O. The van der Waals surface area contributed by atoms with Crippen molar-refractivity contribution in [2.24, 2.45) is 5.92 Å². The third-order valence-corrected chi connectivity index (χ3v) is 4.48. The van der Waals surface area contributed by atoms with Gasteiger partial charge in [-0.2, -0.15) is 0 Å². The lowest BCUT2D eigenvalue weighted by Crippen LogP contribution is -2.29. The van der Waals surface area contributed by atoms with Crippen LogP contribution in [0.4, 0.5) is 5.82 Å². The molecule has 19 heavy (non-hydrogen) atoms. The molecule has 1 saturated carbocycles. The zero-order chi connectivity index (χ0) is 13.4. The maximum Gasteiger partial charge on any atom is 0.260 e. The van der Waals surface area contributed by atoms with E-state index in [-0.39, 0.29) is 11.6 Å². The van der Waals surface area contributed by atoms with E-state index < -0.39 is 0 Å². The van der Waals surface area contributed by atoms with Crippen LogP contribution in [0.15, 0.2) is 35.1 Å². The van der Waals surface area contributed by atoms with Gasteiger partial charge in [-0.3, -0.25) is 9.36 Å². The van der Waals surface area contributed by atoms with Crippen LogP contribution in [0.5, 0.6) is 0 Å². The van der Waals surface area contributed by atoms with Gasteiger partial charge in [0.05, 0.1) is 0 Å². The summed E-state index contributed by atoms with van der Waals surface area (Å²) in [6, 6.07) is 9.78. The quantitative estimate of drug-likeness (QED) is 0.895. The number of nitrogen functional groups attached to an aromatic ring is 1. The average Bonchev–Trinajstić information content (AvgIpc) is 2.92. The zero-order valence-corrected chi connectivity index (χ0v) is 11.3. The minimum absolute atomic E-state index is 0.0509. The monoisotopic (exact) mass is 256 g/mol. The number of pyridine rings is 1. The third kappa shape index (κ3) is 2.03. The summed E-state index contributed by atoms with van der Waals surface area (Å²) in [4.78, 5) is 12.6. The lowest BCUT2D eigenvalue weighted by molar-refractivity contribution is 0.358. The molecule has 0 bridgehead atoms. The van der Waals surface area contributed by atoms with Crippen LogP contribution in [0.1, 0.15) is 38.6 Å². The molecule has 0 spiro atoms. The predicted molar refractivity (Wildman–Crippen MR) is 79.3 cm³/mol. The molecule has 0 amide bonds. The number of anilines is 1. The molecule has 100 valence electrons. The second-order valence-corrected chi connectivity index (χ2v) is 5.62. The summed E-state index contributed by atoms with van der Waals surface area (Å²) in [5, 5.41) is 1.70. The summed E-state index contributed by atoms with van der Waals surface area (Å²) in [5.74, 6) is 1.17. The van der Waals surface area contributed by atoms with Crippen LogP contribution in [0, 0.1) is 5.92 Å². The minimum Gasteiger partial charge on any atom is -0.385 e. The van der Waals surface area contributed by atoms with E-state index in [0.717, 1.165) is 10.8 Å². The van der Waals surface area contributed by atoms with E-state index in [2.05, 4.69) is 6.92 Å². The highest BCUT2D eigenvalue weighted by Gasteiger charge is 2.25. The van der Waals surface area contributed by atoms with Crippen molar-refractivity contribution in [3.63, 3.8) is 0 Å². The first-order chi connectivity index (χ1) is 9.18. The van der Waals surface area contributed by atoms with Crippen LogP contribution in [0.3, 0.4) is 0 Å². The molecular weight excluding hydrogens is 236 g/mol. The van der Waals surface area contributed by atoms with Crippen molar-refractivity contribution in [1.82, 2.24) is 4.57 Å². The topological polar surface area (TPSA) is 48.0 Å². The van der Waals surface area contributed by atoms with Gasteiger partial charge in [-0.05, 0) is 43.2 Å². The highest BCUT2D eigenvalue weighted by Crippen LogP contribution is 2.34. The molecule has 2 N–H and O–H groups in total. The van der Waals surface area contributed by atoms with Gasteiger partial charge in [0.15, 0.2) is 0 Å². The van der Waals surface area contributed by atoms with Crippen molar-refractivity contribution >= 4 is 16.6 Å². The Labute approximate surface area is 113 Å². The van der Waals surface area contributed by atoms with E-state index in [9.17, 15) is 4.79 Å². The lowest BCUT2D eigenvalue weighted by Gasteiger charge is -2.24. The van der Waals surface area contributed by atoms with Gasteiger partial charge in [0.2, 0.25) is 0 Å². The molecule has 0 saturated heterocycles. The molecule has 1 fully saturated rings. The average molecular weight is 256 g/mol. The van der Waals surface area contributed by atoms with Crippen molar-refractivity contribution in [2.75, 3.05) is 5.73 Å². The van der Waals surface area contributed by atoms with Gasteiger partial charge < -0.3 is 5.73 Å². The van der Waals surface area contributed by atoms with Crippen molar-refractivity contribution in [2.45, 2.75) is 38.6 Å². The van der Waals surface area contributed by atoms with Gasteiger partial charge in [0.1, 0.15) is 5.82 Å². The van der Waals surface area contributed by atoms with E-state index in [0.29, 0.717) is 11.7 Å². The van der Waals surface area contributed by atoms with Crippen LogP contribution in [-0.4, -0.2) is 4.57 Å². The Hall–Kier alpha value is -1.77. The summed E-state index contributed by atoms with van der Waals surface area (Å²) >= 11 is 0. The summed E-state index contributed by atoms with van der Waals surface area (Å²) in [6.07, 6.45) is 4.97. The Balaban J connectivity index is 2.15. The molecule has 3 rings (SSSR count). The van der Waals surface area contributed by atoms with Crippen LogP contribution in [0.25, 0.3) is 10.8 Å². The highest BCUT2D eigenvalue weighted by atomic mass is 16.1. The Morgan fingerprint density at radius 3 is 2.68 bits per heavy atom. The Morgan fingerprint density at radius 2 is 1.95 bits per heavy atom. The van der Waals surface area contributed by atoms with Crippen molar-refractivity contribution in [1.29, 1.82) is 0 Å². The molecule has 3 heteroatoms. The molecule has 1 atom stereocenters. The third-order valence-electron chi connectivity index (χ3n) is 4.48. The molecule has 1 heterocycles. The summed E-state index contributed by atoms with van der Waals surface area (Å²) in [6.45, 7) is 2.13. The molecule has 1 aliphatic rings. The number of nitrogens with zero attached hydrogens (tertiary/aromatic N) is 1. The molecule has 0 radical (unpaired) electrons. The number of aromatic nitrogens is 1. The molecule has 1 unspecified atom stereocenters. The van der Waals surface area contributed by atoms with E-state index in [1.807, 2.05) is 30.3 Å². The van der Waals surface area contributed by atoms with E-state index in [1.54, 1.807) is 4.57 Å². The van der Waals surface area contributed by atoms with Crippen LogP contribution in [-0.2, 0) is 0 Å². The minimum atomic E-state index is 0.0509. The first kappa shape index (κ1) is 12.3. The zero-order valence-electron chi connectivity index (χ0n) is 11.3. The molecule has 1 aromatic heterocycles. The molecule has 0 aliphatic heterocycles. The second-order valence-electron chi connectivity index (χ2n) is 5.62. The number of benzene rings is 1. The Kier molecular flexibility index (Phi) is 3.05. The van der Waals surface area contributed by atoms with E-state index >= 15 is 0 Å². The predicted octanol–water partition coefficient (Wildman–Crippen LogP) is 3.33. The van der Waals surface area contributed by atoms with Crippen LogP contribution in [0.2, 0.25) is 0 Å². The van der Waals surface area contributed by atoms with Gasteiger partial charge in [-0.15, -0.1) is 0 Å². The maximum atomic E-state index is 12.6. The summed E-state index contributed by atoms with van der Waals surface area (Å²) in [5.41, 5.74) is 6.17. The van der Waals surface area contributed by atoms with E-state index in [4.69, 9.17) is 5.73 Å². The molecule has 1 aliphatic carbocycles. The SMILES string of the molecule is CC(C1CCCC1)n1c(N)cc2ccccc2c1=O. The standard InChI is InChI=1S/C16H20N2O/c1-11(12-6-2-3-7-12)18-15(17)10-13-8-4-5-9-14(13)16(18)19/h4-5,8-12H,2-3,6-7,17H2,1H3. The number of nitrogens with two attached hydrogens (primary N) is 1. The molecule has 1 aromatic carbocycles. The number of fused-ring (bicyclic) bond motifs is 1. The fraction of sp³-hybridized carbons (Fsp3) is 0.438. The molecule has 2 aromatic rings. The fourth-order valence-electron chi connectivity index (χ4n) is 3.36. The van der Waals surface area contributed by atoms with Crippen LogP contribution < -0.4 is 11.3 Å². The second kappa shape index (κ2) is 4.72. The van der Waals surface area contributed by atoms with Gasteiger partial charge in [0.25, 0.3) is 5.56 Å². The summed E-state index contributed by atoms with van der Waals surface area (Å²) in [7, 11) is 0. The fourth-order valence-corrected chi connectivity index (χ4v) is 3.36. The van der Waals surface area contributed by atoms with Crippen molar-refractivity contribution in [3.05, 3.63) is 40.7 Å². The largest absolute Gasteiger partial charge is 0.385 e. The van der Waals surface area contributed by atoms with Crippen molar-refractivity contribution in [3.8, 4) is 0 Å². The first-order valence-electron chi connectivity index (χ1n) is 7.08. The normalized spacial score (nSPS) is 17.9.